The topological polar surface area (TPSA) is 427 Å². The van der Waals surface area contributed by atoms with Crippen LogP contribution in [0.2, 0.25) is 0 Å². The number of hydrogen-bond donors (Lipinski definition) is 17. The Labute approximate surface area is 316 Å². The van der Waals surface area contributed by atoms with Gasteiger partial charge in [0.2, 0.25) is 0 Å². The zero-order valence-electron chi connectivity index (χ0n) is 29.2. The van der Waals surface area contributed by atoms with E-state index in [1.54, 1.807) is 0 Å². The first kappa shape index (κ1) is 46.0. The minimum atomic E-state index is -2.16. The number of ether oxygens (including phenoxy) is 9. The monoisotopic (exact) mass is 828 g/mol. The second kappa shape index (κ2) is 19.6. The van der Waals surface area contributed by atoms with Crippen LogP contribution in [0.15, 0.2) is 0 Å². The highest BCUT2D eigenvalue weighted by Crippen LogP contribution is 2.36. The second-order valence-electron chi connectivity index (χ2n) is 13.9. The van der Waals surface area contributed by atoms with Crippen LogP contribution < -0.4 is 0 Å². The lowest BCUT2D eigenvalue weighted by molar-refractivity contribution is -0.412. The van der Waals surface area contributed by atoms with Crippen molar-refractivity contribution in [3.8, 4) is 0 Å². The molecular weight excluding hydrogens is 776 g/mol. The second-order valence-corrected chi connectivity index (χ2v) is 13.9. The predicted octanol–water partition coefficient (Wildman–Crippen LogP) is -11.9. The molecule has 5 aliphatic rings. The van der Waals surface area contributed by atoms with Gasteiger partial charge >= 0.3 is 0 Å². The largest absolute Gasteiger partial charge is 0.394 e. The summed E-state index contributed by atoms with van der Waals surface area (Å²) in [4.78, 5) is 0. The zero-order valence-corrected chi connectivity index (χ0v) is 29.2. The Morgan fingerprint density at radius 1 is 0.268 bits per heavy atom. The summed E-state index contributed by atoms with van der Waals surface area (Å²) in [6, 6.07) is 0. The third-order valence-electron chi connectivity index (χ3n) is 10.3. The first-order valence-electron chi connectivity index (χ1n) is 17.6. The van der Waals surface area contributed by atoms with Crippen molar-refractivity contribution in [2.24, 2.45) is 0 Å². The van der Waals surface area contributed by atoms with Gasteiger partial charge in [0.25, 0.3) is 0 Å². The van der Waals surface area contributed by atoms with Gasteiger partial charge in [-0.25, -0.2) is 0 Å². The highest BCUT2D eigenvalue weighted by molar-refractivity contribution is 4.98. The van der Waals surface area contributed by atoms with E-state index in [0.717, 1.165) is 0 Å². The third kappa shape index (κ3) is 9.16. The Kier molecular flexibility index (Phi) is 16.1. The van der Waals surface area contributed by atoms with Gasteiger partial charge in [-0.1, -0.05) is 0 Å². The lowest BCUT2D eigenvalue weighted by Gasteiger charge is -2.50. The maximum absolute atomic E-state index is 11.3. The molecule has 0 aromatic carbocycles. The van der Waals surface area contributed by atoms with Gasteiger partial charge in [0.05, 0.1) is 33.0 Å². The molecule has 26 nitrogen and oxygen atoms in total. The lowest BCUT2D eigenvalue weighted by atomic mass is 9.95. The molecule has 0 amide bonds. The molecule has 25 atom stereocenters. The molecule has 17 N–H and O–H groups in total. The van der Waals surface area contributed by atoms with Crippen molar-refractivity contribution in [1.29, 1.82) is 0 Å². The van der Waals surface area contributed by atoms with Crippen LogP contribution in [0.4, 0.5) is 0 Å². The smallest absolute Gasteiger partial charge is 0.187 e. The summed E-state index contributed by atoms with van der Waals surface area (Å²) < 4.78 is 50.2. The van der Waals surface area contributed by atoms with E-state index in [1.807, 2.05) is 0 Å². The molecule has 328 valence electrons. The van der Waals surface area contributed by atoms with Crippen molar-refractivity contribution >= 4 is 0 Å². The van der Waals surface area contributed by atoms with E-state index < -0.39 is 187 Å². The molecule has 0 aromatic rings. The van der Waals surface area contributed by atoms with Crippen LogP contribution >= 0.6 is 0 Å². The zero-order chi connectivity index (χ0) is 41.3. The summed E-state index contributed by atoms with van der Waals surface area (Å²) in [6.07, 6.45) is -48.2. The van der Waals surface area contributed by atoms with Crippen LogP contribution in [0.3, 0.4) is 0 Å². The molecule has 0 saturated carbocycles. The normalized spacial score (nSPS) is 53.2. The van der Waals surface area contributed by atoms with Crippen LogP contribution in [-0.4, -0.2) is 273 Å². The summed E-state index contributed by atoms with van der Waals surface area (Å²) >= 11 is 0. The van der Waals surface area contributed by atoms with Crippen molar-refractivity contribution < 1.29 is 129 Å². The molecule has 5 heterocycles. The molecule has 5 saturated heterocycles. The van der Waals surface area contributed by atoms with Crippen LogP contribution in [0.1, 0.15) is 0 Å². The standard InChI is InChI=1S/C30H52O26/c31-1-6-12(37)17(42)22(26(47)48-6)53-28-24(19(44)14(39)8(3-33)50-28)55-30-25(20(45)15(40)10(5-35)52-30)56-29-23(18(43)13(38)9(4-34)51-29)54-27-21(46)16(41)11(36)7(2-32)49-27/h6-47H,1-5H2/t6-,7-,8-,9-,10-,11-,12-,13-,14-,15-,16+,17+,18+,19+,20+,21+,22+,23+,24+,25+,26-,27-,28+,29-,30-/m1/s1. The maximum atomic E-state index is 11.3. The van der Waals surface area contributed by atoms with Crippen LogP contribution in [0.5, 0.6) is 0 Å². The van der Waals surface area contributed by atoms with E-state index in [4.69, 9.17) is 42.6 Å². The summed E-state index contributed by atoms with van der Waals surface area (Å²) in [7, 11) is 0. The van der Waals surface area contributed by atoms with Gasteiger partial charge < -0.3 is 129 Å². The van der Waals surface area contributed by atoms with E-state index >= 15 is 0 Å². The van der Waals surface area contributed by atoms with E-state index in [-0.39, 0.29) is 0 Å². The van der Waals surface area contributed by atoms with Crippen molar-refractivity contribution in [1.82, 2.24) is 0 Å². The van der Waals surface area contributed by atoms with Gasteiger partial charge in [0.15, 0.2) is 31.5 Å². The molecule has 26 heteroatoms. The van der Waals surface area contributed by atoms with E-state index in [9.17, 15) is 86.8 Å². The fourth-order valence-electron chi connectivity index (χ4n) is 6.95. The number of aliphatic hydroxyl groups excluding tert-OH is 17. The Hall–Kier alpha value is -1.04. The highest BCUT2D eigenvalue weighted by atomic mass is 16.8. The minimum Gasteiger partial charge on any atom is -0.394 e. The number of rotatable bonds is 13. The van der Waals surface area contributed by atoms with Crippen LogP contribution in [0, 0.1) is 0 Å². The van der Waals surface area contributed by atoms with E-state index in [2.05, 4.69) is 0 Å². The van der Waals surface area contributed by atoms with Crippen molar-refractivity contribution in [3.63, 3.8) is 0 Å². The van der Waals surface area contributed by atoms with Crippen molar-refractivity contribution in [3.05, 3.63) is 0 Å². The Balaban J connectivity index is 1.45. The quantitative estimate of drug-likeness (QED) is 0.0819. The van der Waals surface area contributed by atoms with Gasteiger partial charge in [0.1, 0.15) is 122 Å². The summed E-state index contributed by atoms with van der Waals surface area (Å²) in [5, 5.41) is 177. The lowest BCUT2D eigenvalue weighted by Crippen LogP contribution is -2.68. The molecule has 0 bridgehead atoms. The summed E-state index contributed by atoms with van der Waals surface area (Å²) in [6.45, 7) is -4.60. The fourth-order valence-corrected chi connectivity index (χ4v) is 6.95. The highest BCUT2D eigenvalue weighted by Gasteiger charge is 2.57. The van der Waals surface area contributed by atoms with E-state index in [0.29, 0.717) is 0 Å². The molecule has 0 radical (unpaired) electrons. The molecule has 0 spiro atoms. The maximum Gasteiger partial charge on any atom is 0.187 e. The van der Waals surface area contributed by atoms with Gasteiger partial charge in [-0.2, -0.15) is 0 Å². The fraction of sp³-hybridized carbons (Fsp3) is 1.00. The van der Waals surface area contributed by atoms with Crippen molar-refractivity contribution in [2.45, 2.75) is 154 Å². The molecule has 0 aromatic heterocycles. The SMILES string of the molecule is OC[C@H]1O[C@H](O[C@@H]2[C@@H](O[C@@H]3[C@@H](O[C@@H]4[C@H](O[C@H]5[C@@H](O)[C@H](O)[C@@H](CO)O[C@H]5O)O[C@H](CO)[C@@H](O)[C@@H]4O)O[C@H](CO)[C@@H](O)[C@@H]3O)O[C@H](CO)[C@@H](O)[C@@H]2O)[C@@H](O)[C@@H](O)[C@@H]1O. The van der Waals surface area contributed by atoms with Gasteiger partial charge in [-0.15, -0.1) is 0 Å². The molecule has 5 rings (SSSR count). The molecular formula is C30H52O26. The molecule has 56 heavy (non-hydrogen) atoms. The molecule has 5 fully saturated rings. The van der Waals surface area contributed by atoms with E-state index in [1.165, 1.54) is 0 Å². The van der Waals surface area contributed by atoms with Crippen LogP contribution in [-0.2, 0) is 42.6 Å². The predicted molar refractivity (Wildman–Crippen MR) is 167 cm³/mol. The minimum absolute atomic E-state index is 0.833. The molecule has 0 unspecified atom stereocenters. The summed E-state index contributed by atoms with van der Waals surface area (Å²) in [5.74, 6) is 0. The average Bonchev–Trinajstić information content (AvgIpc) is 3.19. The van der Waals surface area contributed by atoms with Gasteiger partial charge in [0, 0.05) is 0 Å². The van der Waals surface area contributed by atoms with Gasteiger partial charge in [-0.05, 0) is 0 Å². The average molecular weight is 829 g/mol. The number of hydrogen-bond acceptors (Lipinski definition) is 26. The Morgan fingerprint density at radius 2 is 0.518 bits per heavy atom. The Morgan fingerprint density at radius 3 is 0.857 bits per heavy atom. The third-order valence-corrected chi connectivity index (χ3v) is 10.3. The number of aliphatic hydroxyl groups is 17. The van der Waals surface area contributed by atoms with Crippen LogP contribution in [0.25, 0.3) is 0 Å². The summed E-state index contributed by atoms with van der Waals surface area (Å²) in [5.41, 5.74) is 0. The molecule has 5 aliphatic heterocycles. The molecule has 0 aliphatic carbocycles. The van der Waals surface area contributed by atoms with Gasteiger partial charge in [-0.3, -0.25) is 0 Å². The first-order chi connectivity index (χ1) is 26.5. The van der Waals surface area contributed by atoms with Crippen molar-refractivity contribution in [2.75, 3.05) is 33.0 Å². The Bertz CT molecular complexity index is 1210. The first-order valence-corrected chi connectivity index (χ1v) is 17.6.